The van der Waals surface area contributed by atoms with Crippen LogP contribution in [-0.4, -0.2) is 24.5 Å². The van der Waals surface area contributed by atoms with Crippen molar-refractivity contribution in [1.82, 2.24) is 4.90 Å². The predicted octanol–water partition coefficient (Wildman–Crippen LogP) is 2.13. The largest absolute Gasteiger partial charge is 0.302 e. The molecule has 3 aliphatic rings. The second-order valence-electron chi connectivity index (χ2n) is 5.60. The van der Waals surface area contributed by atoms with E-state index in [0.29, 0.717) is 0 Å². The third-order valence-corrected chi connectivity index (χ3v) is 3.98. The van der Waals surface area contributed by atoms with Crippen molar-refractivity contribution in [3.8, 4) is 0 Å². The van der Waals surface area contributed by atoms with Crippen LogP contribution >= 0.6 is 0 Å². The van der Waals surface area contributed by atoms with E-state index < -0.39 is 0 Å². The normalized spacial score (nSPS) is 34.8. The lowest BCUT2D eigenvalue weighted by molar-refractivity contribution is 0.0662. The zero-order valence-electron chi connectivity index (χ0n) is 8.05. The number of nitrogens with zero attached hydrogens (tertiary/aromatic N) is 1. The van der Waals surface area contributed by atoms with Crippen LogP contribution in [0.1, 0.15) is 32.6 Å². The van der Waals surface area contributed by atoms with Crippen molar-refractivity contribution in [3.05, 3.63) is 0 Å². The van der Waals surface area contributed by atoms with Crippen LogP contribution in [0.5, 0.6) is 0 Å². The Morgan fingerprint density at radius 1 is 1.17 bits per heavy atom. The first-order chi connectivity index (χ1) is 5.75. The van der Waals surface area contributed by atoms with Crippen molar-refractivity contribution in [1.29, 1.82) is 0 Å². The second kappa shape index (κ2) is 2.25. The highest BCUT2D eigenvalue weighted by Gasteiger charge is 2.44. The van der Waals surface area contributed by atoms with Gasteiger partial charge >= 0.3 is 0 Å². The summed E-state index contributed by atoms with van der Waals surface area (Å²) in [6.07, 6.45) is 6.04. The molecule has 3 fully saturated rings. The molecular formula is C11H19N. The maximum atomic E-state index is 2.68. The van der Waals surface area contributed by atoms with Crippen LogP contribution in [0.15, 0.2) is 0 Å². The van der Waals surface area contributed by atoms with E-state index in [0.717, 1.165) is 17.3 Å². The van der Waals surface area contributed by atoms with Gasteiger partial charge in [0.05, 0.1) is 0 Å². The van der Waals surface area contributed by atoms with Crippen molar-refractivity contribution in [2.24, 2.45) is 17.3 Å². The van der Waals surface area contributed by atoms with Crippen molar-refractivity contribution in [3.63, 3.8) is 0 Å². The molecule has 1 heteroatoms. The maximum absolute atomic E-state index is 2.68. The van der Waals surface area contributed by atoms with Gasteiger partial charge < -0.3 is 4.90 Å². The Kier molecular flexibility index (Phi) is 1.39. The molecule has 0 unspecified atom stereocenters. The van der Waals surface area contributed by atoms with E-state index in [4.69, 9.17) is 0 Å². The number of likely N-dealkylation sites (tertiary alicyclic amines) is 1. The summed E-state index contributed by atoms with van der Waals surface area (Å²) < 4.78 is 0. The minimum Gasteiger partial charge on any atom is -0.302 e. The van der Waals surface area contributed by atoms with Gasteiger partial charge in [-0.3, -0.25) is 0 Å². The van der Waals surface area contributed by atoms with E-state index in [2.05, 4.69) is 11.8 Å². The fraction of sp³-hybridized carbons (Fsp3) is 1.00. The van der Waals surface area contributed by atoms with E-state index >= 15 is 0 Å². The van der Waals surface area contributed by atoms with E-state index in [9.17, 15) is 0 Å². The highest BCUT2D eigenvalue weighted by molar-refractivity contribution is 4.97. The molecule has 0 aromatic carbocycles. The highest BCUT2D eigenvalue weighted by Crippen LogP contribution is 2.48. The smallest absolute Gasteiger partial charge is 0.00356 e. The summed E-state index contributed by atoms with van der Waals surface area (Å²) in [4.78, 5) is 2.68. The van der Waals surface area contributed by atoms with Crippen molar-refractivity contribution in [2.75, 3.05) is 19.6 Å². The molecule has 0 radical (unpaired) electrons. The third-order valence-electron chi connectivity index (χ3n) is 3.98. The third kappa shape index (κ3) is 1.28. The van der Waals surface area contributed by atoms with E-state index in [1.54, 1.807) is 0 Å². The first-order valence-corrected chi connectivity index (χ1v) is 5.48. The summed E-state index contributed by atoms with van der Waals surface area (Å²) in [5.41, 5.74) is 0.745. The lowest BCUT2D eigenvalue weighted by Crippen LogP contribution is -2.49. The van der Waals surface area contributed by atoms with Gasteiger partial charge in [-0.25, -0.2) is 0 Å². The van der Waals surface area contributed by atoms with E-state index in [-0.39, 0.29) is 0 Å². The van der Waals surface area contributed by atoms with E-state index in [1.165, 1.54) is 45.3 Å². The fourth-order valence-electron chi connectivity index (χ4n) is 2.52. The van der Waals surface area contributed by atoms with Crippen molar-refractivity contribution >= 4 is 0 Å². The molecule has 3 rings (SSSR count). The number of hydrogen-bond acceptors (Lipinski definition) is 1. The van der Waals surface area contributed by atoms with Gasteiger partial charge in [-0.2, -0.15) is 0 Å². The molecule has 0 N–H and O–H groups in total. The van der Waals surface area contributed by atoms with Crippen LogP contribution in [0.25, 0.3) is 0 Å². The summed E-state index contributed by atoms with van der Waals surface area (Å²) in [5, 5.41) is 0. The molecule has 1 saturated heterocycles. The lowest BCUT2D eigenvalue weighted by Gasteiger charge is -2.41. The van der Waals surface area contributed by atoms with Gasteiger partial charge in [-0.05, 0) is 42.9 Å². The van der Waals surface area contributed by atoms with Gasteiger partial charge in [0.2, 0.25) is 0 Å². The summed E-state index contributed by atoms with van der Waals surface area (Å²) in [6, 6.07) is 0. The fourth-order valence-corrected chi connectivity index (χ4v) is 2.52. The molecule has 2 aliphatic carbocycles. The maximum Gasteiger partial charge on any atom is 0.00356 e. The monoisotopic (exact) mass is 165 g/mol. The Hall–Kier alpha value is -0.0400. The predicted molar refractivity (Wildman–Crippen MR) is 50.0 cm³/mol. The Morgan fingerprint density at radius 3 is 2.33 bits per heavy atom. The molecule has 0 aromatic rings. The Balaban J connectivity index is 1.44. The molecule has 0 spiro atoms. The van der Waals surface area contributed by atoms with Gasteiger partial charge in [-0.15, -0.1) is 0 Å². The SMILES string of the molecule is CC1(CN2CC(C3CC3)C2)CC1. The summed E-state index contributed by atoms with van der Waals surface area (Å²) >= 11 is 0. The van der Waals surface area contributed by atoms with Gasteiger partial charge in [-0.1, -0.05) is 6.92 Å². The molecule has 2 saturated carbocycles. The number of rotatable bonds is 3. The van der Waals surface area contributed by atoms with Crippen molar-refractivity contribution < 1.29 is 0 Å². The van der Waals surface area contributed by atoms with Gasteiger partial charge in [0.25, 0.3) is 0 Å². The average molecular weight is 165 g/mol. The lowest BCUT2D eigenvalue weighted by atomic mass is 9.93. The second-order valence-corrected chi connectivity index (χ2v) is 5.60. The molecule has 1 nitrogen and oxygen atoms in total. The first-order valence-electron chi connectivity index (χ1n) is 5.48. The Morgan fingerprint density at radius 2 is 1.83 bits per heavy atom. The highest BCUT2D eigenvalue weighted by atomic mass is 15.2. The van der Waals surface area contributed by atoms with Crippen LogP contribution in [-0.2, 0) is 0 Å². The standard InChI is InChI=1S/C11H19N/c1-11(4-5-11)8-12-6-10(7-12)9-2-3-9/h9-10H,2-8H2,1H3. The van der Waals surface area contributed by atoms with Gasteiger partial charge in [0.1, 0.15) is 0 Å². The quantitative estimate of drug-likeness (QED) is 0.619. The molecule has 0 bridgehead atoms. The van der Waals surface area contributed by atoms with Crippen LogP contribution < -0.4 is 0 Å². The molecule has 0 aromatic heterocycles. The molecule has 1 heterocycles. The van der Waals surface area contributed by atoms with Crippen LogP contribution in [0.4, 0.5) is 0 Å². The summed E-state index contributed by atoms with van der Waals surface area (Å²) in [7, 11) is 0. The molecule has 68 valence electrons. The zero-order valence-corrected chi connectivity index (χ0v) is 8.05. The van der Waals surface area contributed by atoms with Crippen molar-refractivity contribution in [2.45, 2.75) is 32.6 Å². The Bertz CT molecular complexity index is 185. The molecular weight excluding hydrogens is 146 g/mol. The first kappa shape index (κ1) is 7.37. The van der Waals surface area contributed by atoms with E-state index in [1.807, 2.05) is 0 Å². The van der Waals surface area contributed by atoms with Crippen LogP contribution in [0.3, 0.4) is 0 Å². The van der Waals surface area contributed by atoms with Gasteiger partial charge in [0, 0.05) is 19.6 Å². The Labute approximate surface area is 75.1 Å². The topological polar surface area (TPSA) is 3.24 Å². The molecule has 0 atom stereocenters. The molecule has 0 amide bonds. The number of hydrogen-bond donors (Lipinski definition) is 0. The zero-order chi connectivity index (χ0) is 8.18. The minimum absolute atomic E-state index is 0.745. The van der Waals surface area contributed by atoms with Gasteiger partial charge in [0.15, 0.2) is 0 Å². The summed E-state index contributed by atoms with van der Waals surface area (Å²) in [6.45, 7) is 6.70. The molecule has 12 heavy (non-hydrogen) atoms. The van der Waals surface area contributed by atoms with Crippen LogP contribution in [0.2, 0.25) is 0 Å². The summed E-state index contributed by atoms with van der Waals surface area (Å²) in [5.74, 6) is 2.25. The average Bonchev–Trinajstić information content (AvgIpc) is 2.75. The molecule has 1 aliphatic heterocycles. The minimum atomic E-state index is 0.745. The van der Waals surface area contributed by atoms with Crippen LogP contribution in [0, 0.1) is 17.3 Å².